The fourth-order valence-corrected chi connectivity index (χ4v) is 2.38. The first-order chi connectivity index (χ1) is 8.72. The summed E-state index contributed by atoms with van der Waals surface area (Å²) in [5, 5.41) is 0. The van der Waals surface area contributed by atoms with Crippen LogP contribution in [0.1, 0.15) is 38.9 Å². The molecule has 98 valence electrons. The zero-order chi connectivity index (χ0) is 13.0. The smallest absolute Gasteiger partial charge is 0.109 e. The molecule has 0 bridgehead atoms. The lowest BCUT2D eigenvalue weighted by atomic mass is 10.1. The van der Waals surface area contributed by atoms with E-state index in [0.29, 0.717) is 6.04 Å². The van der Waals surface area contributed by atoms with Gasteiger partial charge in [-0.15, -0.1) is 0 Å². The summed E-state index contributed by atoms with van der Waals surface area (Å²) in [6, 6.07) is 8.70. The normalized spacial score (nSPS) is 13.1. The molecule has 0 spiro atoms. The standard InChI is InChI=1S/C15H23N3/c1-3-15-17-13-9-4-5-10-14(13)18(15)11-7-6-8-12(2)16/h4-5,9-10,12H,3,6-8,11,16H2,1-2H3. The fraction of sp³-hybridized carbons (Fsp3) is 0.533. The molecule has 0 aliphatic carbocycles. The highest BCUT2D eigenvalue weighted by atomic mass is 15.1. The third-order valence-corrected chi connectivity index (χ3v) is 3.34. The van der Waals surface area contributed by atoms with Crippen molar-refractivity contribution in [3.05, 3.63) is 30.1 Å². The number of para-hydroxylation sites is 2. The Morgan fingerprint density at radius 3 is 2.78 bits per heavy atom. The minimum atomic E-state index is 0.315. The summed E-state index contributed by atoms with van der Waals surface area (Å²) in [6.45, 7) is 5.29. The molecule has 1 aromatic heterocycles. The molecular weight excluding hydrogens is 222 g/mol. The van der Waals surface area contributed by atoms with Crippen molar-refractivity contribution >= 4 is 11.0 Å². The Morgan fingerprint density at radius 2 is 2.06 bits per heavy atom. The van der Waals surface area contributed by atoms with Crippen molar-refractivity contribution in [2.75, 3.05) is 0 Å². The van der Waals surface area contributed by atoms with Crippen LogP contribution in [-0.2, 0) is 13.0 Å². The highest BCUT2D eigenvalue weighted by Crippen LogP contribution is 2.17. The number of imidazole rings is 1. The zero-order valence-corrected chi connectivity index (χ0v) is 11.4. The van der Waals surface area contributed by atoms with Gasteiger partial charge < -0.3 is 10.3 Å². The van der Waals surface area contributed by atoms with Crippen LogP contribution < -0.4 is 5.73 Å². The Hall–Kier alpha value is -1.35. The van der Waals surface area contributed by atoms with E-state index in [-0.39, 0.29) is 0 Å². The number of aromatic nitrogens is 2. The van der Waals surface area contributed by atoms with Crippen LogP contribution in [0.5, 0.6) is 0 Å². The highest BCUT2D eigenvalue weighted by molar-refractivity contribution is 5.75. The van der Waals surface area contributed by atoms with Gasteiger partial charge in [0.05, 0.1) is 11.0 Å². The molecule has 1 aromatic carbocycles. The van der Waals surface area contributed by atoms with Gasteiger partial charge in [-0.3, -0.25) is 0 Å². The predicted molar refractivity (Wildman–Crippen MR) is 76.6 cm³/mol. The maximum absolute atomic E-state index is 5.78. The number of fused-ring (bicyclic) bond motifs is 1. The molecule has 18 heavy (non-hydrogen) atoms. The average molecular weight is 245 g/mol. The van der Waals surface area contributed by atoms with E-state index < -0.39 is 0 Å². The number of aryl methyl sites for hydroxylation is 2. The Balaban J connectivity index is 2.10. The van der Waals surface area contributed by atoms with Crippen molar-refractivity contribution in [1.29, 1.82) is 0 Å². The van der Waals surface area contributed by atoms with Crippen LogP contribution in [0.15, 0.2) is 24.3 Å². The summed E-state index contributed by atoms with van der Waals surface area (Å²) >= 11 is 0. The number of nitrogens with two attached hydrogens (primary N) is 1. The summed E-state index contributed by atoms with van der Waals surface area (Å²) in [5.74, 6) is 1.19. The molecule has 3 heteroatoms. The Labute approximate surface area is 109 Å². The molecule has 2 rings (SSSR count). The van der Waals surface area contributed by atoms with E-state index >= 15 is 0 Å². The van der Waals surface area contributed by atoms with Gasteiger partial charge in [0.2, 0.25) is 0 Å². The molecule has 1 heterocycles. The Kier molecular flexibility index (Phi) is 4.37. The van der Waals surface area contributed by atoms with Crippen LogP contribution in [0.4, 0.5) is 0 Å². The fourth-order valence-electron chi connectivity index (χ4n) is 2.38. The van der Waals surface area contributed by atoms with Gasteiger partial charge in [0.1, 0.15) is 5.82 Å². The molecule has 0 aliphatic heterocycles. The monoisotopic (exact) mass is 245 g/mol. The molecule has 3 nitrogen and oxygen atoms in total. The first kappa shape index (κ1) is 13.1. The van der Waals surface area contributed by atoms with Crippen molar-refractivity contribution < 1.29 is 0 Å². The summed E-state index contributed by atoms with van der Waals surface area (Å²) in [6.07, 6.45) is 4.46. The average Bonchev–Trinajstić information content (AvgIpc) is 2.72. The molecule has 0 amide bonds. The maximum Gasteiger partial charge on any atom is 0.109 e. The molecular formula is C15H23N3. The second-order valence-electron chi connectivity index (χ2n) is 5.00. The quantitative estimate of drug-likeness (QED) is 0.795. The van der Waals surface area contributed by atoms with Crippen LogP contribution in [0.3, 0.4) is 0 Å². The summed E-state index contributed by atoms with van der Waals surface area (Å²) < 4.78 is 2.36. The maximum atomic E-state index is 5.78. The van der Waals surface area contributed by atoms with Crippen molar-refractivity contribution in [2.45, 2.75) is 52.1 Å². The van der Waals surface area contributed by atoms with E-state index in [4.69, 9.17) is 5.73 Å². The third kappa shape index (κ3) is 2.91. The van der Waals surface area contributed by atoms with Gasteiger partial charge in [-0.05, 0) is 31.9 Å². The van der Waals surface area contributed by atoms with Crippen molar-refractivity contribution in [3.8, 4) is 0 Å². The number of unbranched alkanes of at least 4 members (excludes halogenated alkanes) is 1. The molecule has 1 unspecified atom stereocenters. The number of hydrogen-bond acceptors (Lipinski definition) is 2. The van der Waals surface area contributed by atoms with Gasteiger partial charge in [-0.1, -0.05) is 25.5 Å². The minimum absolute atomic E-state index is 0.315. The second-order valence-corrected chi connectivity index (χ2v) is 5.00. The summed E-state index contributed by atoms with van der Waals surface area (Å²) in [7, 11) is 0. The number of benzene rings is 1. The molecule has 0 saturated heterocycles. The van der Waals surface area contributed by atoms with Crippen LogP contribution in [0, 0.1) is 0 Å². The van der Waals surface area contributed by atoms with Crippen molar-refractivity contribution in [2.24, 2.45) is 5.73 Å². The Bertz CT molecular complexity index is 499. The lowest BCUT2D eigenvalue weighted by Gasteiger charge is -2.09. The SMILES string of the molecule is CCc1nc2ccccc2n1CCCCC(C)N. The van der Waals surface area contributed by atoms with Crippen molar-refractivity contribution in [3.63, 3.8) is 0 Å². The van der Waals surface area contributed by atoms with E-state index in [2.05, 4.69) is 47.7 Å². The minimum Gasteiger partial charge on any atom is -0.328 e. The van der Waals surface area contributed by atoms with Crippen LogP contribution in [0.25, 0.3) is 11.0 Å². The summed E-state index contributed by atoms with van der Waals surface area (Å²) in [4.78, 5) is 4.68. The molecule has 0 radical (unpaired) electrons. The van der Waals surface area contributed by atoms with Crippen LogP contribution in [-0.4, -0.2) is 15.6 Å². The second kappa shape index (κ2) is 6.01. The van der Waals surface area contributed by atoms with Crippen LogP contribution in [0.2, 0.25) is 0 Å². The van der Waals surface area contributed by atoms with E-state index in [9.17, 15) is 0 Å². The van der Waals surface area contributed by atoms with Crippen LogP contribution >= 0.6 is 0 Å². The van der Waals surface area contributed by atoms with E-state index in [1.807, 2.05) is 0 Å². The van der Waals surface area contributed by atoms with E-state index in [1.165, 1.54) is 24.2 Å². The molecule has 0 saturated carbocycles. The first-order valence-corrected chi connectivity index (χ1v) is 6.92. The number of hydrogen-bond donors (Lipinski definition) is 1. The van der Waals surface area contributed by atoms with E-state index in [1.54, 1.807) is 0 Å². The first-order valence-electron chi connectivity index (χ1n) is 6.92. The molecule has 0 aliphatic rings. The third-order valence-electron chi connectivity index (χ3n) is 3.34. The molecule has 2 aromatic rings. The van der Waals surface area contributed by atoms with Gasteiger partial charge in [-0.25, -0.2) is 4.98 Å². The molecule has 0 fully saturated rings. The predicted octanol–water partition coefficient (Wildman–Crippen LogP) is 3.12. The van der Waals surface area contributed by atoms with Gasteiger partial charge in [0.15, 0.2) is 0 Å². The van der Waals surface area contributed by atoms with E-state index in [0.717, 1.165) is 24.9 Å². The topological polar surface area (TPSA) is 43.8 Å². The number of nitrogens with zero attached hydrogens (tertiary/aromatic N) is 2. The zero-order valence-electron chi connectivity index (χ0n) is 11.4. The van der Waals surface area contributed by atoms with Crippen molar-refractivity contribution in [1.82, 2.24) is 9.55 Å². The summed E-state index contributed by atoms with van der Waals surface area (Å²) in [5.41, 5.74) is 8.15. The van der Waals surface area contributed by atoms with Gasteiger partial charge in [0.25, 0.3) is 0 Å². The lowest BCUT2D eigenvalue weighted by molar-refractivity contribution is 0.546. The number of rotatable bonds is 6. The lowest BCUT2D eigenvalue weighted by Crippen LogP contribution is -2.14. The highest BCUT2D eigenvalue weighted by Gasteiger charge is 2.08. The Morgan fingerprint density at radius 1 is 1.28 bits per heavy atom. The molecule has 2 N–H and O–H groups in total. The molecule has 1 atom stereocenters. The van der Waals surface area contributed by atoms with Gasteiger partial charge in [-0.2, -0.15) is 0 Å². The van der Waals surface area contributed by atoms with Gasteiger partial charge >= 0.3 is 0 Å². The largest absolute Gasteiger partial charge is 0.328 e. The van der Waals surface area contributed by atoms with Gasteiger partial charge in [0, 0.05) is 19.0 Å².